The number of rotatable bonds is 6. The van der Waals surface area contributed by atoms with E-state index in [-0.39, 0.29) is 13.3 Å². The van der Waals surface area contributed by atoms with E-state index in [0.29, 0.717) is 31.9 Å². The van der Waals surface area contributed by atoms with E-state index in [1.807, 2.05) is 0 Å². The Kier molecular flexibility index (Phi) is 4.66. The van der Waals surface area contributed by atoms with Gasteiger partial charge in [0.1, 0.15) is 12.2 Å². The summed E-state index contributed by atoms with van der Waals surface area (Å²) in [4.78, 5) is 0. The molecule has 10 heteroatoms. The highest BCUT2D eigenvalue weighted by Crippen LogP contribution is 2.43. The van der Waals surface area contributed by atoms with Crippen molar-refractivity contribution in [3.05, 3.63) is 21.7 Å². The number of hydrogen-bond donors (Lipinski definition) is 4. The first-order valence-electron chi connectivity index (χ1n) is 6.71. The number of hydrogen-bond acceptors (Lipinski definition) is 9. The van der Waals surface area contributed by atoms with Gasteiger partial charge in [-0.15, -0.1) is 5.10 Å². The van der Waals surface area contributed by atoms with Crippen LogP contribution in [0.25, 0.3) is 0 Å². The summed E-state index contributed by atoms with van der Waals surface area (Å²) in [6, 6.07) is 3.23. The minimum atomic E-state index is -1.13. The smallest absolute Gasteiger partial charge is 0.231 e. The maximum absolute atomic E-state index is 10.3. The third-order valence-electron chi connectivity index (χ3n) is 3.29. The summed E-state index contributed by atoms with van der Waals surface area (Å²) in [6.45, 7) is 0.202. The highest BCUT2D eigenvalue weighted by atomic mass is 32.1. The fourth-order valence-electron chi connectivity index (χ4n) is 2.15. The van der Waals surface area contributed by atoms with Crippen molar-refractivity contribution in [2.45, 2.75) is 12.2 Å². The highest BCUT2D eigenvalue weighted by molar-refractivity contribution is 7.73. The van der Waals surface area contributed by atoms with Gasteiger partial charge in [0.25, 0.3) is 0 Å². The van der Waals surface area contributed by atoms with E-state index in [1.54, 1.807) is 12.1 Å². The minimum Gasteiger partial charge on any atom is -0.493 e. The van der Waals surface area contributed by atoms with Crippen LogP contribution in [0.4, 0.5) is 5.13 Å². The largest absolute Gasteiger partial charge is 0.493 e. The molecule has 0 unspecified atom stereocenters. The lowest BCUT2D eigenvalue weighted by Crippen LogP contribution is -2.26. The van der Waals surface area contributed by atoms with Crippen molar-refractivity contribution in [2.75, 3.05) is 25.8 Å². The maximum Gasteiger partial charge on any atom is 0.231 e. The quantitative estimate of drug-likeness (QED) is 0.575. The van der Waals surface area contributed by atoms with Crippen molar-refractivity contribution < 1.29 is 24.4 Å². The Balaban J connectivity index is 1.71. The van der Waals surface area contributed by atoms with Gasteiger partial charge in [-0.25, -0.2) is 0 Å². The molecule has 23 heavy (non-hydrogen) atoms. The van der Waals surface area contributed by atoms with Gasteiger partial charge in [-0.05, 0) is 29.9 Å². The molecule has 2 heterocycles. The Labute approximate surface area is 140 Å². The molecule has 2 aromatic rings. The van der Waals surface area contributed by atoms with Crippen LogP contribution in [0.2, 0.25) is 0 Å². The lowest BCUT2D eigenvalue weighted by atomic mass is 10.0. The summed E-state index contributed by atoms with van der Waals surface area (Å²) in [6.07, 6.45) is -2.18. The van der Waals surface area contributed by atoms with Crippen molar-refractivity contribution in [3.63, 3.8) is 0 Å². The molecule has 1 aromatic heterocycles. The van der Waals surface area contributed by atoms with Gasteiger partial charge >= 0.3 is 0 Å². The number of aromatic nitrogens is 2. The summed E-state index contributed by atoms with van der Waals surface area (Å²) in [7, 11) is 1.50. The van der Waals surface area contributed by atoms with E-state index in [1.165, 1.54) is 18.4 Å². The number of ether oxygens (including phenoxy) is 3. The molecule has 0 bridgehead atoms. The van der Waals surface area contributed by atoms with E-state index in [4.69, 9.17) is 26.4 Å². The molecule has 1 aliphatic rings. The zero-order valence-electron chi connectivity index (χ0n) is 12.1. The summed E-state index contributed by atoms with van der Waals surface area (Å²) >= 11 is 6.17. The first-order valence-corrected chi connectivity index (χ1v) is 7.94. The third-order valence-corrected chi connectivity index (χ3v) is 4.33. The van der Waals surface area contributed by atoms with Crippen molar-refractivity contribution in [2.24, 2.45) is 0 Å². The molecule has 0 saturated carbocycles. The van der Waals surface area contributed by atoms with Gasteiger partial charge in [0.15, 0.2) is 15.5 Å². The van der Waals surface area contributed by atoms with Crippen molar-refractivity contribution in [1.82, 2.24) is 10.2 Å². The van der Waals surface area contributed by atoms with Crippen molar-refractivity contribution in [1.29, 1.82) is 0 Å². The highest BCUT2D eigenvalue weighted by Gasteiger charge is 2.25. The molecule has 8 nitrogen and oxygen atoms in total. The lowest BCUT2D eigenvalue weighted by molar-refractivity contribution is 0.0266. The van der Waals surface area contributed by atoms with Crippen LogP contribution in [0.3, 0.4) is 0 Å². The molecule has 1 aromatic carbocycles. The van der Waals surface area contributed by atoms with E-state index >= 15 is 0 Å². The molecular formula is C13H15N3O5S2. The van der Waals surface area contributed by atoms with Crippen LogP contribution >= 0.6 is 23.6 Å². The maximum atomic E-state index is 10.3. The first kappa shape index (κ1) is 16.0. The van der Waals surface area contributed by atoms with E-state index in [9.17, 15) is 10.2 Å². The first-order chi connectivity index (χ1) is 11.1. The van der Waals surface area contributed by atoms with Gasteiger partial charge in [-0.1, -0.05) is 11.3 Å². The van der Waals surface area contributed by atoms with Gasteiger partial charge in [-0.3, -0.25) is 5.10 Å². The van der Waals surface area contributed by atoms with Crippen LogP contribution in [-0.2, 0) is 0 Å². The molecular weight excluding hydrogens is 342 g/mol. The molecule has 0 aliphatic carbocycles. The second kappa shape index (κ2) is 6.71. The minimum absolute atomic E-state index is 0.0965. The fourth-order valence-corrected chi connectivity index (χ4v) is 2.95. The molecule has 0 fully saturated rings. The van der Waals surface area contributed by atoms with Crippen LogP contribution in [0.1, 0.15) is 11.7 Å². The van der Waals surface area contributed by atoms with Crippen molar-refractivity contribution >= 4 is 28.7 Å². The summed E-state index contributed by atoms with van der Waals surface area (Å²) in [5.74, 6) is 1.41. The fraction of sp³-hybridized carbons (Fsp3) is 0.385. The zero-order chi connectivity index (χ0) is 16.4. The van der Waals surface area contributed by atoms with E-state index in [0.717, 1.165) is 0 Å². The average molecular weight is 357 g/mol. The summed E-state index contributed by atoms with van der Waals surface area (Å²) < 4.78 is 16.4. The van der Waals surface area contributed by atoms with Gasteiger partial charge in [0.05, 0.1) is 7.11 Å². The van der Waals surface area contributed by atoms with Crippen LogP contribution in [0.15, 0.2) is 12.1 Å². The second-order valence-corrected chi connectivity index (χ2v) is 6.43. The number of nitrogens with zero attached hydrogens (tertiary/aromatic N) is 1. The Morgan fingerprint density at radius 3 is 3.00 bits per heavy atom. The topological polar surface area (TPSA) is 109 Å². The van der Waals surface area contributed by atoms with Crippen molar-refractivity contribution in [3.8, 4) is 17.2 Å². The number of aliphatic hydroxyl groups excluding tert-OH is 2. The molecule has 0 spiro atoms. The predicted molar refractivity (Wildman–Crippen MR) is 85.9 cm³/mol. The van der Waals surface area contributed by atoms with Gasteiger partial charge in [-0.2, -0.15) is 0 Å². The average Bonchev–Trinajstić information content (AvgIpc) is 3.19. The summed E-state index contributed by atoms with van der Waals surface area (Å²) in [5, 5.41) is 30.5. The zero-order valence-corrected chi connectivity index (χ0v) is 13.7. The Hall–Kier alpha value is -1.88. The third kappa shape index (κ3) is 3.39. The van der Waals surface area contributed by atoms with Crippen LogP contribution in [0, 0.1) is 3.95 Å². The number of nitrogens with one attached hydrogen (secondary N) is 2. The number of aliphatic hydroxyl groups is 2. The van der Waals surface area contributed by atoms with Crippen LogP contribution < -0.4 is 19.5 Å². The molecule has 0 saturated heterocycles. The monoisotopic (exact) mass is 357 g/mol. The number of H-pyrrole nitrogens is 1. The normalized spacial score (nSPS) is 15.3. The number of methoxy groups -OCH3 is 1. The molecule has 3 rings (SSSR count). The second-order valence-electron chi connectivity index (χ2n) is 4.77. The molecule has 4 N–H and O–H groups in total. The summed E-state index contributed by atoms with van der Waals surface area (Å²) in [5.41, 5.74) is 0.468. The molecule has 124 valence electrons. The van der Waals surface area contributed by atoms with E-state index < -0.39 is 12.2 Å². The number of anilines is 1. The number of fused-ring (bicyclic) bond motifs is 1. The molecule has 0 amide bonds. The standard InChI is InChI=1S/C13H15N3O5S2/c1-19-8-2-6(3-9-11(8)21-5-20-9)10(18)7(17)4-14-12-15-16-13(22)23-12/h2-3,7,10,17-18H,4-5H2,1H3,(H,14,15)(H,16,22)/t7-,10+/m0/s1. The Morgan fingerprint density at radius 2 is 2.30 bits per heavy atom. The van der Waals surface area contributed by atoms with E-state index in [2.05, 4.69) is 15.5 Å². The molecule has 1 aliphatic heterocycles. The SMILES string of the molecule is COc1cc([C@@H](O)[C@@H](O)CNc2n[nH]c(=S)s2)cc2c1OCO2. The van der Waals surface area contributed by atoms with Gasteiger partial charge < -0.3 is 29.7 Å². The van der Waals surface area contributed by atoms with Gasteiger partial charge in [0.2, 0.25) is 17.7 Å². The number of aromatic amines is 1. The van der Waals surface area contributed by atoms with Crippen LogP contribution in [-0.4, -0.2) is 47.0 Å². The Bertz CT molecular complexity index is 747. The number of benzene rings is 1. The lowest BCUT2D eigenvalue weighted by Gasteiger charge is -2.19. The van der Waals surface area contributed by atoms with Gasteiger partial charge in [0, 0.05) is 6.54 Å². The predicted octanol–water partition coefficient (Wildman–Crippen LogP) is 1.44. The van der Waals surface area contributed by atoms with Crippen LogP contribution in [0.5, 0.6) is 17.2 Å². The molecule has 2 atom stereocenters. The Morgan fingerprint density at radius 1 is 1.48 bits per heavy atom. The molecule has 0 radical (unpaired) electrons.